The molecule has 5 rings (SSSR count). The van der Waals surface area contributed by atoms with Crippen molar-refractivity contribution in [2.45, 2.75) is 25.8 Å². The summed E-state index contributed by atoms with van der Waals surface area (Å²) in [5, 5.41) is 1.04. The number of carbonyl (C=O) groups is 1. The molecule has 2 fully saturated rings. The van der Waals surface area contributed by atoms with Crippen molar-refractivity contribution in [1.82, 2.24) is 19.9 Å². The highest BCUT2D eigenvalue weighted by Crippen LogP contribution is 2.49. The van der Waals surface area contributed by atoms with Crippen molar-refractivity contribution in [3.05, 3.63) is 54.5 Å². The molecule has 3 aromatic rings. The van der Waals surface area contributed by atoms with E-state index < -0.39 is 0 Å². The minimum Gasteiger partial charge on any atom is -0.353 e. The molecule has 6 nitrogen and oxygen atoms in total. The third-order valence-corrected chi connectivity index (χ3v) is 5.92. The van der Waals surface area contributed by atoms with Crippen LogP contribution in [-0.2, 0) is 0 Å². The first-order valence-electron chi connectivity index (χ1n) is 9.54. The van der Waals surface area contributed by atoms with Gasteiger partial charge in [-0.15, -0.1) is 0 Å². The smallest absolute Gasteiger partial charge is 0.254 e. The fourth-order valence-corrected chi connectivity index (χ4v) is 4.24. The zero-order chi connectivity index (χ0) is 18.4. The van der Waals surface area contributed by atoms with Crippen LogP contribution in [0.15, 0.2) is 48.9 Å². The van der Waals surface area contributed by atoms with Crippen LogP contribution < -0.4 is 4.90 Å². The lowest BCUT2D eigenvalue weighted by Gasteiger charge is -2.30. The monoisotopic (exact) mass is 361 g/mol. The molecule has 1 saturated carbocycles. The number of amides is 1. The number of hydrogen-bond donors (Lipinski definition) is 1. The second kappa shape index (κ2) is 6.08. The van der Waals surface area contributed by atoms with Gasteiger partial charge in [0.05, 0.1) is 5.39 Å². The number of fused-ring (bicyclic) bond motifs is 1. The van der Waals surface area contributed by atoms with Crippen LogP contribution in [0.1, 0.15) is 30.1 Å². The molecule has 1 saturated heterocycles. The Balaban J connectivity index is 1.48. The van der Waals surface area contributed by atoms with Crippen LogP contribution in [0, 0.1) is 5.41 Å². The van der Waals surface area contributed by atoms with E-state index in [4.69, 9.17) is 0 Å². The molecule has 1 aliphatic heterocycles. The number of nitrogens with one attached hydrogen (secondary N) is 1. The molecule has 2 aliphatic rings. The fourth-order valence-electron chi connectivity index (χ4n) is 4.24. The highest BCUT2D eigenvalue weighted by molar-refractivity contribution is 5.94. The van der Waals surface area contributed by atoms with Gasteiger partial charge in [-0.25, -0.2) is 9.97 Å². The molecule has 1 aromatic carbocycles. The van der Waals surface area contributed by atoms with E-state index in [1.54, 1.807) is 6.33 Å². The molecule has 27 heavy (non-hydrogen) atoms. The van der Waals surface area contributed by atoms with Crippen LogP contribution in [0.25, 0.3) is 11.0 Å². The van der Waals surface area contributed by atoms with Crippen LogP contribution in [0.5, 0.6) is 0 Å². The summed E-state index contributed by atoms with van der Waals surface area (Å²) in [5.74, 6) is 1.10. The van der Waals surface area contributed by atoms with Crippen LogP contribution in [0.2, 0.25) is 0 Å². The SMILES string of the molecule is CC1CN(c2ncnc3[nH]ccc23)CC2(CC2)CN1C(=O)c1ccccc1. The largest absolute Gasteiger partial charge is 0.353 e. The first-order chi connectivity index (χ1) is 13.2. The van der Waals surface area contributed by atoms with Crippen molar-refractivity contribution < 1.29 is 4.79 Å². The fraction of sp³-hybridized carbons (Fsp3) is 0.381. The summed E-state index contributed by atoms with van der Waals surface area (Å²) < 4.78 is 0. The van der Waals surface area contributed by atoms with Gasteiger partial charge in [0.2, 0.25) is 0 Å². The maximum absolute atomic E-state index is 13.2. The lowest BCUT2D eigenvalue weighted by molar-refractivity contribution is 0.0676. The summed E-state index contributed by atoms with van der Waals surface area (Å²) in [6.07, 6.45) is 5.85. The molecule has 1 unspecified atom stereocenters. The van der Waals surface area contributed by atoms with Gasteiger partial charge in [-0.1, -0.05) is 18.2 Å². The van der Waals surface area contributed by atoms with E-state index in [0.717, 1.165) is 54.9 Å². The van der Waals surface area contributed by atoms with Crippen molar-refractivity contribution in [2.24, 2.45) is 5.41 Å². The lowest BCUT2D eigenvalue weighted by atomic mass is 10.1. The van der Waals surface area contributed by atoms with Crippen LogP contribution in [-0.4, -0.2) is 51.4 Å². The number of nitrogens with zero attached hydrogens (tertiary/aromatic N) is 4. The van der Waals surface area contributed by atoms with Gasteiger partial charge in [0, 0.05) is 42.9 Å². The standard InChI is InChI=1S/C21H23N5O/c1-15-11-25(19-17-7-10-22-18(17)23-14-24-19)12-21(8-9-21)13-26(15)20(27)16-5-3-2-4-6-16/h2-7,10,14-15H,8-9,11-13H2,1H3,(H,22,23,24). The molecule has 6 heteroatoms. The zero-order valence-corrected chi connectivity index (χ0v) is 15.4. The Kier molecular flexibility index (Phi) is 3.67. The average molecular weight is 361 g/mol. The maximum atomic E-state index is 13.2. The topological polar surface area (TPSA) is 65.1 Å². The van der Waals surface area contributed by atoms with Crippen molar-refractivity contribution >= 4 is 22.8 Å². The van der Waals surface area contributed by atoms with Crippen LogP contribution in [0.3, 0.4) is 0 Å². The van der Waals surface area contributed by atoms with Crippen LogP contribution >= 0.6 is 0 Å². The molecule has 3 heterocycles. The van der Waals surface area contributed by atoms with E-state index in [2.05, 4.69) is 31.7 Å². The van der Waals surface area contributed by atoms with E-state index >= 15 is 0 Å². The predicted molar refractivity (Wildman–Crippen MR) is 105 cm³/mol. The van der Waals surface area contributed by atoms with Gasteiger partial charge < -0.3 is 14.8 Å². The Morgan fingerprint density at radius 1 is 1.15 bits per heavy atom. The second-order valence-corrected chi connectivity index (χ2v) is 7.97. The number of benzene rings is 1. The Morgan fingerprint density at radius 3 is 2.74 bits per heavy atom. The Hall–Kier alpha value is -2.89. The number of hydrogen-bond acceptors (Lipinski definition) is 4. The number of H-pyrrole nitrogens is 1. The average Bonchev–Trinajstić information content (AvgIpc) is 3.31. The Bertz CT molecular complexity index is 978. The van der Waals surface area contributed by atoms with Crippen LogP contribution in [0.4, 0.5) is 5.82 Å². The van der Waals surface area contributed by atoms with Gasteiger partial charge in [0.1, 0.15) is 17.8 Å². The van der Waals surface area contributed by atoms with E-state index in [-0.39, 0.29) is 17.4 Å². The summed E-state index contributed by atoms with van der Waals surface area (Å²) in [6.45, 7) is 4.68. The van der Waals surface area contributed by atoms with Crippen molar-refractivity contribution in [3.8, 4) is 0 Å². The summed E-state index contributed by atoms with van der Waals surface area (Å²) in [4.78, 5) is 29.7. The molecule has 0 bridgehead atoms. The van der Waals surface area contributed by atoms with E-state index in [0.29, 0.717) is 0 Å². The Labute approximate surface area is 158 Å². The minimum absolute atomic E-state index is 0.113. The van der Waals surface area contributed by atoms with E-state index in [9.17, 15) is 4.79 Å². The summed E-state index contributed by atoms with van der Waals surface area (Å²) in [7, 11) is 0. The minimum atomic E-state index is 0.113. The second-order valence-electron chi connectivity index (χ2n) is 7.97. The molecular formula is C21H23N5O. The van der Waals surface area contributed by atoms with Crippen molar-refractivity contribution in [2.75, 3.05) is 24.5 Å². The quantitative estimate of drug-likeness (QED) is 0.762. The van der Waals surface area contributed by atoms with Crippen molar-refractivity contribution in [1.29, 1.82) is 0 Å². The maximum Gasteiger partial charge on any atom is 0.254 e. The first-order valence-corrected chi connectivity index (χ1v) is 9.54. The molecule has 0 radical (unpaired) electrons. The third kappa shape index (κ3) is 2.85. The van der Waals surface area contributed by atoms with Gasteiger partial charge >= 0.3 is 0 Å². The van der Waals surface area contributed by atoms with Gasteiger partial charge in [0.25, 0.3) is 5.91 Å². The molecule has 1 aliphatic carbocycles. The number of aromatic nitrogens is 3. The molecule has 1 amide bonds. The lowest BCUT2D eigenvalue weighted by Crippen LogP contribution is -2.43. The highest BCUT2D eigenvalue weighted by Gasteiger charge is 2.49. The molecule has 138 valence electrons. The zero-order valence-electron chi connectivity index (χ0n) is 15.4. The Morgan fingerprint density at radius 2 is 1.96 bits per heavy atom. The van der Waals surface area contributed by atoms with Gasteiger partial charge in [-0.3, -0.25) is 4.79 Å². The number of anilines is 1. The summed E-state index contributed by atoms with van der Waals surface area (Å²) >= 11 is 0. The normalized spacial score (nSPS) is 21.4. The van der Waals surface area contributed by atoms with E-state index in [1.165, 1.54) is 0 Å². The number of aromatic amines is 1. The van der Waals surface area contributed by atoms with Crippen molar-refractivity contribution in [3.63, 3.8) is 0 Å². The predicted octanol–water partition coefficient (Wildman–Crippen LogP) is 3.09. The van der Waals surface area contributed by atoms with E-state index in [1.807, 2.05) is 42.6 Å². The molecule has 1 atom stereocenters. The number of rotatable bonds is 2. The molecular weight excluding hydrogens is 338 g/mol. The molecule has 1 N–H and O–H groups in total. The third-order valence-electron chi connectivity index (χ3n) is 5.92. The first kappa shape index (κ1) is 16.3. The van der Waals surface area contributed by atoms with Gasteiger partial charge in [-0.05, 0) is 38.0 Å². The summed E-state index contributed by atoms with van der Waals surface area (Å²) in [6, 6.07) is 11.8. The number of carbonyl (C=O) groups excluding carboxylic acids is 1. The summed E-state index contributed by atoms with van der Waals surface area (Å²) in [5.41, 5.74) is 1.81. The molecule has 1 spiro atoms. The highest BCUT2D eigenvalue weighted by atomic mass is 16.2. The van der Waals surface area contributed by atoms with Gasteiger partial charge in [0.15, 0.2) is 0 Å². The molecule has 2 aromatic heterocycles. The van der Waals surface area contributed by atoms with Gasteiger partial charge in [-0.2, -0.15) is 0 Å².